The second-order valence-electron chi connectivity index (χ2n) is 7.07. The third-order valence-electron chi connectivity index (χ3n) is 5.03. The van der Waals surface area contributed by atoms with Gasteiger partial charge in [-0.25, -0.2) is 4.98 Å². The number of imidazole rings is 1. The lowest BCUT2D eigenvalue weighted by atomic mass is 9.97. The van der Waals surface area contributed by atoms with Gasteiger partial charge in [0.1, 0.15) is 0 Å². The number of H-pyrrole nitrogens is 1. The molecule has 1 aromatic heterocycles. The number of hydrogen-bond donors (Lipinski definition) is 2. The summed E-state index contributed by atoms with van der Waals surface area (Å²) in [6.07, 6.45) is 1.93. The summed E-state index contributed by atoms with van der Waals surface area (Å²) in [5.41, 5.74) is 4.36. The standard InChI is InChI=1S/C21H24N4O/c1-15-9-10-18-19(12-15)24-21(23-18)25-11-5-8-17(14-25)20(26)22-13-16-6-3-2-4-7-16/h2-4,6-7,9-10,12,17H,5,8,11,13-14H2,1H3,(H,22,26)(H,23,24)/t17-/m0/s1. The molecule has 2 aromatic carbocycles. The van der Waals surface area contributed by atoms with E-state index >= 15 is 0 Å². The van der Waals surface area contributed by atoms with Crippen molar-refractivity contribution in [2.75, 3.05) is 18.0 Å². The van der Waals surface area contributed by atoms with Gasteiger partial charge < -0.3 is 15.2 Å². The zero-order valence-corrected chi connectivity index (χ0v) is 15.0. The van der Waals surface area contributed by atoms with Crippen molar-refractivity contribution in [2.45, 2.75) is 26.3 Å². The second-order valence-corrected chi connectivity index (χ2v) is 7.07. The van der Waals surface area contributed by atoms with Crippen LogP contribution in [0.5, 0.6) is 0 Å². The number of hydrogen-bond acceptors (Lipinski definition) is 3. The first kappa shape index (κ1) is 16.6. The molecule has 5 heteroatoms. The van der Waals surface area contributed by atoms with Crippen LogP contribution < -0.4 is 10.2 Å². The Balaban J connectivity index is 1.42. The first-order valence-electron chi connectivity index (χ1n) is 9.22. The Morgan fingerprint density at radius 3 is 2.96 bits per heavy atom. The minimum Gasteiger partial charge on any atom is -0.352 e. The van der Waals surface area contributed by atoms with Crippen molar-refractivity contribution in [1.29, 1.82) is 0 Å². The summed E-state index contributed by atoms with van der Waals surface area (Å²) in [5, 5.41) is 3.08. The molecular weight excluding hydrogens is 324 g/mol. The number of nitrogens with zero attached hydrogens (tertiary/aromatic N) is 2. The van der Waals surface area contributed by atoms with Crippen LogP contribution in [0.2, 0.25) is 0 Å². The van der Waals surface area contributed by atoms with E-state index in [-0.39, 0.29) is 11.8 Å². The highest BCUT2D eigenvalue weighted by molar-refractivity contribution is 5.80. The average molecular weight is 348 g/mol. The molecule has 1 aliphatic heterocycles. The molecule has 1 aliphatic rings. The lowest BCUT2D eigenvalue weighted by Gasteiger charge is -2.31. The van der Waals surface area contributed by atoms with Gasteiger partial charge in [0.25, 0.3) is 0 Å². The smallest absolute Gasteiger partial charge is 0.225 e. The Labute approximate surface area is 153 Å². The Kier molecular flexibility index (Phi) is 4.61. The molecule has 1 amide bonds. The van der Waals surface area contributed by atoms with Gasteiger partial charge >= 0.3 is 0 Å². The zero-order chi connectivity index (χ0) is 17.9. The highest BCUT2D eigenvalue weighted by atomic mass is 16.1. The molecular formula is C21H24N4O. The minimum atomic E-state index is 0.00223. The highest BCUT2D eigenvalue weighted by Crippen LogP contribution is 2.24. The number of piperidine rings is 1. The Morgan fingerprint density at radius 2 is 2.12 bits per heavy atom. The second kappa shape index (κ2) is 7.20. The van der Waals surface area contributed by atoms with Crippen LogP contribution >= 0.6 is 0 Å². The number of carbonyl (C=O) groups is 1. The first-order valence-corrected chi connectivity index (χ1v) is 9.22. The third-order valence-corrected chi connectivity index (χ3v) is 5.03. The molecule has 134 valence electrons. The number of anilines is 1. The molecule has 2 heterocycles. The molecule has 1 saturated heterocycles. The predicted octanol–water partition coefficient (Wildman–Crippen LogP) is 3.40. The predicted molar refractivity (Wildman–Crippen MR) is 104 cm³/mol. The van der Waals surface area contributed by atoms with Crippen LogP contribution in [-0.4, -0.2) is 29.0 Å². The molecule has 3 aromatic rings. The average Bonchev–Trinajstić information content (AvgIpc) is 3.10. The number of amides is 1. The summed E-state index contributed by atoms with van der Waals surface area (Å²) in [4.78, 5) is 22.9. The van der Waals surface area contributed by atoms with Crippen molar-refractivity contribution >= 4 is 22.9 Å². The maximum Gasteiger partial charge on any atom is 0.225 e. The summed E-state index contributed by atoms with van der Waals surface area (Å²) >= 11 is 0. The molecule has 0 radical (unpaired) electrons. The number of aromatic nitrogens is 2. The van der Waals surface area contributed by atoms with Gasteiger partial charge in [-0.05, 0) is 43.0 Å². The zero-order valence-electron chi connectivity index (χ0n) is 15.0. The van der Waals surface area contributed by atoms with E-state index in [0.717, 1.165) is 41.9 Å². The molecule has 0 bridgehead atoms. The van der Waals surface area contributed by atoms with Crippen molar-refractivity contribution in [1.82, 2.24) is 15.3 Å². The van der Waals surface area contributed by atoms with Crippen LogP contribution in [0.3, 0.4) is 0 Å². The van der Waals surface area contributed by atoms with E-state index in [1.807, 2.05) is 36.4 Å². The SMILES string of the molecule is Cc1ccc2nc(N3CCC[C@H](C(=O)NCc4ccccc4)C3)[nH]c2c1. The lowest BCUT2D eigenvalue weighted by molar-refractivity contribution is -0.125. The molecule has 1 atom stereocenters. The van der Waals surface area contributed by atoms with Gasteiger partial charge in [0, 0.05) is 19.6 Å². The number of rotatable bonds is 4. The number of benzene rings is 2. The summed E-state index contributed by atoms with van der Waals surface area (Å²) < 4.78 is 0. The fourth-order valence-electron chi connectivity index (χ4n) is 3.57. The number of aryl methyl sites for hydroxylation is 1. The van der Waals surface area contributed by atoms with E-state index in [1.165, 1.54) is 5.56 Å². The van der Waals surface area contributed by atoms with Crippen molar-refractivity contribution in [2.24, 2.45) is 5.92 Å². The summed E-state index contributed by atoms with van der Waals surface area (Å²) in [7, 11) is 0. The van der Waals surface area contributed by atoms with Gasteiger partial charge in [-0.1, -0.05) is 36.4 Å². The Bertz CT molecular complexity index is 903. The van der Waals surface area contributed by atoms with Crippen LogP contribution in [0, 0.1) is 12.8 Å². The van der Waals surface area contributed by atoms with E-state index < -0.39 is 0 Å². The lowest BCUT2D eigenvalue weighted by Crippen LogP contribution is -2.43. The summed E-state index contributed by atoms with van der Waals surface area (Å²) in [6, 6.07) is 16.3. The van der Waals surface area contributed by atoms with E-state index in [2.05, 4.69) is 34.3 Å². The molecule has 0 aliphatic carbocycles. The number of carbonyl (C=O) groups excluding carboxylic acids is 1. The monoisotopic (exact) mass is 348 g/mol. The molecule has 4 rings (SSSR count). The van der Waals surface area contributed by atoms with Crippen molar-refractivity contribution in [3.63, 3.8) is 0 Å². The van der Waals surface area contributed by atoms with E-state index in [9.17, 15) is 4.79 Å². The normalized spacial score (nSPS) is 17.4. The maximum atomic E-state index is 12.6. The van der Waals surface area contributed by atoms with Crippen LogP contribution in [0.25, 0.3) is 11.0 Å². The van der Waals surface area contributed by atoms with Crippen molar-refractivity contribution in [3.05, 3.63) is 59.7 Å². The quantitative estimate of drug-likeness (QED) is 0.760. The molecule has 26 heavy (non-hydrogen) atoms. The molecule has 1 fully saturated rings. The molecule has 5 nitrogen and oxygen atoms in total. The van der Waals surface area contributed by atoms with E-state index in [1.54, 1.807) is 0 Å². The van der Waals surface area contributed by atoms with Crippen molar-refractivity contribution < 1.29 is 4.79 Å². The molecule has 0 saturated carbocycles. The molecule has 2 N–H and O–H groups in total. The fraction of sp³-hybridized carbons (Fsp3) is 0.333. The third kappa shape index (κ3) is 3.57. The van der Waals surface area contributed by atoms with Gasteiger partial charge in [0.2, 0.25) is 11.9 Å². The summed E-state index contributed by atoms with van der Waals surface area (Å²) in [6.45, 7) is 4.30. The molecule has 0 unspecified atom stereocenters. The number of nitrogens with one attached hydrogen (secondary N) is 2. The number of aromatic amines is 1. The van der Waals surface area contributed by atoms with Crippen LogP contribution in [0.15, 0.2) is 48.5 Å². The van der Waals surface area contributed by atoms with Gasteiger partial charge in [0.15, 0.2) is 0 Å². The maximum absolute atomic E-state index is 12.6. The summed E-state index contributed by atoms with van der Waals surface area (Å²) in [5.74, 6) is 0.999. The van der Waals surface area contributed by atoms with Gasteiger partial charge in [-0.15, -0.1) is 0 Å². The van der Waals surface area contributed by atoms with Crippen LogP contribution in [0.1, 0.15) is 24.0 Å². The number of fused-ring (bicyclic) bond motifs is 1. The highest BCUT2D eigenvalue weighted by Gasteiger charge is 2.27. The van der Waals surface area contributed by atoms with Gasteiger partial charge in [-0.2, -0.15) is 0 Å². The minimum absolute atomic E-state index is 0.00223. The Hall–Kier alpha value is -2.82. The van der Waals surface area contributed by atoms with Crippen molar-refractivity contribution in [3.8, 4) is 0 Å². The van der Waals surface area contributed by atoms with Crippen LogP contribution in [-0.2, 0) is 11.3 Å². The van der Waals surface area contributed by atoms with Gasteiger partial charge in [0.05, 0.1) is 17.0 Å². The molecule has 0 spiro atoms. The largest absolute Gasteiger partial charge is 0.352 e. The topological polar surface area (TPSA) is 61.0 Å². The van der Waals surface area contributed by atoms with Gasteiger partial charge in [-0.3, -0.25) is 4.79 Å². The van der Waals surface area contributed by atoms with E-state index in [0.29, 0.717) is 13.1 Å². The Morgan fingerprint density at radius 1 is 1.27 bits per heavy atom. The van der Waals surface area contributed by atoms with E-state index in [4.69, 9.17) is 4.98 Å². The fourth-order valence-corrected chi connectivity index (χ4v) is 3.57. The first-order chi connectivity index (χ1) is 12.7. The van der Waals surface area contributed by atoms with Crippen LogP contribution in [0.4, 0.5) is 5.95 Å².